The van der Waals surface area contributed by atoms with Gasteiger partial charge in [-0.25, -0.2) is 0 Å². The maximum atomic E-state index is 11.4. The van der Waals surface area contributed by atoms with Crippen LogP contribution in [-0.4, -0.2) is 12.5 Å². The number of amides is 1. The number of nitrogens with one attached hydrogen (secondary N) is 1. The van der Waals surface area contributed by atoms with Crippen molar-refractivity contribution < 1.29 is 4.79 Å². The third kappa shape index (κ3) is 8.05. The molecule has 0 bridgehead atoms. The van der Waals surface area contributed by atoms with Crippen LogP contribution in [0.1, 0.15) is 52.4 Å². The highest BCUT2D eigenvalue weighted by atomic mass is 16.1. The summed E-state index contributed by atoms with van der Waals surface area (Å²) < 4.78 is 0. The van der Waals surface area contributed by atoms with E-state index in [1.807, 2.05) is 6.92 Å². The summed E-state index contributed by atoms with van der Waals surface area (Å²) in [5.41, 5.74) is 0. The predicted molar refractivity (Wildman–Crippen MR) is 64.4 cm³/mol. The minimum Gasteiger partial charge on any atom is -0.345 e. The second kappa shape index (κ2) is 9.58. The molecule has 0 spiro atoms. The number of carbonyl (C=O) groups excluding carboxylic acids is 1. The Hall–Kier alpha value is -0.970. The average Bonchev–Trinajstić information content (AvgIpc) is 2.25. The van der Waals surface area contributed by atoms with Crippen molar-refractivity contribution >= 4 is 5.91 Å². The third-order valence-corrected chi connectivity index (χ3v) is 2.55. The largest absolute Gasteiger partial charge is 0.345 e. The van der Waals surface area contributed by atoms with E-state index in [9.17, 15) is 4.79 Å². The van der Waals surface area contributed by atoms with E-state index in [4.69, 9.17) is 6.42 Å². The van der Waals surface area contributed by atoms with Crippen LogP contribution in [0.5, 0.6) is 0 Å². The lowest BCUT2D eigenvalue weighted by Crippen LogP contribution is -2.29. The van der Waals surface area contributed by atoms with Crippen molar-refractivity contribution in [3.05, 3.63) is 0 Å². The molecule has 1 atom stereocenters. The SMILES string of the molecule is C#CCNC(=O)C(C)CCCCCCC. The van der Waals surface area contributed by atoms with Crippen LogP contribution in [-0.2, 0) is 4.79 Å². The van der Waals surface area contributed by atoms with Crippen LogP contribution in [0.2, 0.25) is 0 Å². The van der Waals surface area contributed by atoms with Crippen molar-refractivity contribution in [2.45, 2.75) is 52.4 Å². The first-order valence-electron chi connectivity index (χ1n) is 5.93. The van der Waals surface area contributed by atoms with Crippen LogP contribution in [0.4, 0.5) is 0 Å². The van der Waals surface area contributed by atoms with E-state index in [2.05, 4.69) is 18.2 Å². The summed E-state index contributed by atoms with van der Waals surface area (Å²) in [6, 6.07) is 0. The second-order valence-corrected chi connectivity index (χ2v) is 4.03. The van der Waals surface area contributed by atoms with E-state index in [1.54, 1.807) is 0 Å². The molecule has 0 rings (SSSR count). The van der Waals surface area contributed by atoms with Crippen LogP contribution in [0, 0.1) is 18.3 Å². The van der Waals surface area contributed by atoms with E-state index in [1.165, 1.54) is 25.7 Å². The Labute approximate surface area is 93.8 Å². The molecule has 1 amide bonds. The fraction of sp³-hybridized carbons (Fsp3) is 0.769. The molecule has 0 aromatic heterocycles. The Morgan fingerprint density at radius 2 is 2.00 bits per heavy atom. The van der Waals surface area contributed by atoms with Gasteiger partial charge in [0.15, 0.2) is 0 Å². The van der Waals surface area contributed by atoms with Gasteiger partial charge in [-0.15, -0.1) is 6.42 Å². The quantitative estimate of drug-likeness (QED) is 0.483. The molecule has 2 heteroatoms. The summed E-state index contributed by atoms with van der Waals surface area (Å²) in [4.78, 5) is 11.4. The van der Waals surface area contributed by atoms with E-state index < -0.39 is 0 Å². The Bertz CT molecular complexity index is 205. The molecule has 0 radical (unpaired) electrons. The minimum atomic E-state index is 0.0865. The summed E-state index contributed by atoms with van der Waals surface area (Å²) in [6.45, 7) is 4.51. The number of rotatable bonds is 8. The van der Waals surface area contributed by atoms with Crippen molar-refractivity contribution in [3.8, 4) is 12.3 Å². The van der Waals surface area contributed by atoms with Gasteiger partial charge in [-0.2, -0.15) is 0 Å². The molecule has 0 fully saturated rings. The molecule has 1 unspecified atom stereocenters. The van der Waals surface area contributed by atoms with Gasteiger partial charge in [0, 0.05) is 5.92 Å². The topological polar surface area (TPSA) is 29.1 Å². The number of terminal acetylenes is 1. The lowest BCUT2D eigenvalue weighted by molar-refractivity contribution is -0.124. The van der Waals surface area contributed by atoms with Gasteiger partial charge in [0.1, 0.15) is 0 Å². The second-order valence-electron chi connectivity index (χ2n) is 4.03. The normalized spacial score (nSPS) is 11.8. The first kappa shape index (κ1) is 14.0. The van der Waals surface area contributed by atoms with E-state index in [0.717, 1.165) is 12.8 Å². The molecule has 0 saturated heterocycles. The lowest BCUT2D eigenvalue weighted by atomic mass is 10.0. The molecule has 0 aliphatic heterocycles. The Kier molecular flexibility index (Phi) is 8.96. The first-order valence-corrected chi connectivity index (χ1v) is 5.93. The van der Waals surface area contributed by atoms with Crippen molar-refractivity contribution in [2.75, 3.05) is 6.54 Å². The maximum Gasteiger partial charge on any atom is 0.223 e. The van der Waals surface area contributed by atoms with Crippen LogP contribution in [0.15, 0.2) is 0 Å². The predicted octanol–water partition coefficient (Wildman–Crippen LogP) is 2.73. The monoisotopic (exact) mass is 209 g/mol. The molecule has 0 aliphatic rings. The molecule has 0 heterocycles. The van der Waals surface area contributed by atoms with Gasteiger partial charge in [0.25, 0.3) is 0 Å². The summed E-state index contributed by atoms with van der Waals surface area (Å²) in [6.07, 6.45) is 12.3. The van der Waals surface area contributed by atoms with E-state index in [0.29, 0.717) is 6.54 Å². The van der Waals surface area contributed by atoms with Crippen LogP contribution >= 0.6 is 0 Å². The van der Waals surface area contributed by atoms with Crippen LogP contribution < -0.4 is 5.32 Å². The van der Waals surface area contributed by atoms with Gasteiger partial charge < -0.3 is 5.32 Å². The molecule has 15 heavy (non-hydrogen) atoms. The lowest BCUT2D eigenvalue weighted by Gasteiger charge is -2.10. The van der Waals surface area contributed by atoms with Gasteiger partial charge in [-0.05, 0) is 6.42 Å². The van der Waals surface area contributed by atoms with Crippen molar-refractivity contribution in [2.24, 2.45) is 5.92 Å². The van der Waals surface area contributed by atoms with Crippen molar-refractivity contribution in [1.82, 2.24) is 5.32 Å². The van der Waals surface area contributed by atoms with Crippen molar-refractivity contribution in [1.29, 1.82) is 0 Å². The summed E-state index contributed by atoms with van der Waals surface area (Å²) in [5, 5.41) is 2.71. The number of hydrogen-bond acceptors (Lipinski definition) is 1. The zero-order valence-corrected chi connectivity index (χ0v) is 10.0. The zero-order valence-electron chi connectivity index (χ0n) is 10.0. The molecule has 86 valence electrons. The molecular weight excluding hydrogens is 186 g/mol. The summed E-state index contributed by atoms with van der Waals surface area (Å²) in [5.74, 6) is 2.59. The highest BCUT2D eigenvalue weighted by Crippen LogP contribution is 2.11. The molecule has 1 N–H and O–H groups in total. The molecular formula is C13H23NO. The van der Waals surface area contributed by atoms with E-state index in [-0.39, 0.29) is 11.8 Å². The van der Waals surface area contributed by atoms with E-state index >= 15 is 0 Å². The van der Waals surface area contributed by atoms with Crippen molar-refractivity contribution in [3.63, 3.8) is 0 Å². The van der Waals surface area contributed by atoms with Gasteiger partial charge in [-0.1, -0.05) is 51.9 Å². The Morgan fingerprint density at radius 3 is 2.60 bits per heavy atom. The average molecular weight is 209 g/mol. The van der Waals surface area contributed by atoms with Crippen LogP contribution in [0.25, 0.3) is 0 Å². The fourth-order valence-electron chi connectivity index (χ4n) is 1.50. The molecule has 2 nitrogen and oxygen atoms in total. The standard InChI is InChI=1S/C13H23NO/c1-4-6-7-8-9-10-12(3)13(15)14-11-5-2/h2,12H,4,6-11H2,1,3H3,(H,14,15). The molecule has 0 aromatic carbocycles. The highest BCUT2D eigenvalue weighted by Gasteiger charge is 2.10. The fourth-order valence-corrected chi connectivity index (χ4v) is 1.50. The molecule has 0 saturated carbocycles. The summed E-state index contributed by atoms with van der Waals surface area (Å²) >= 11 is 0. The summed E-state index contributed by atoms with van der Waals surface area (Å²) in [7, 11) is 0. The zero-order chi connectivity index (χ0) is 11.5. The third-order valence-electron chi connectivity index (χ3n) is 2.55. The highest BCUT2D eigenvalue weighted by molar-refractivity contribution is 5.78. The van der Waals surface area contributed by atoms with Gasteiger partial charge in [-0.3, -0.25) is 4.79 Å². The van der Waals surface area contributed by atoms with Crippen LogP contribution in [0.3, 0.4) is 0 Å². The minimum absolute atomic E-state index is 0.0865. The number of unbranched alkanes of at least 4 members (excludes halogenated alkanes) is 4. The number of hydrogen-bond donors (Lipinski definition) is 1. The van der Waals surface area contributed by atoms with Gasteiger partial charge in [0.05, 0.1) is 6.54 Å². The van der Waals surface area contributed by atoms with Gasteiger partial charge in [0.2, 0.25) is 5.91 Å². The molecule has 0 aromatic rings. The Morgan fingerprint density at radius 1 is 1.33 bits per heavy atom. The number of carbonyl (C=O) groups is 1. The smallest absolute Gasteiger partial charge is 0.223 e. The Balaban J connectivity index is 3.43. The first-order chi connectivity index (χ1) is 7.22. The molecule has 0 aliphatic carbocycles. The maximum absolute atomic E-state index is 11.4. The van der Waals surface area contributed by atoms with Gasteiger partial charge >= 0.3 is 0 Å².